The number of nitrogens with two attached hydrogens (primary N) is 1. The zero-order valence-corrected chi connectivity index (χ0v) is 10.1. The van der Waals surface area contributed by atoms with Gasteiger partial charge in [0.15, 0.2) is 0 Å². The van der Waals surface area contributed by atoms with E-state index < -0.39 is 0 Å². The van der Waals surface area contributed by atoms with Crippen molar-refractivity contribution in [2.75, 3.05) is 12.0 Å². The molecule has 92 valence electrons. The lowest BCUT2D eigenvalue weighted by Crippen LogP contribution is -2.32. The average Bonchev–Trinajstić information content (AvgIpc) is 2.26. The molecule has 0 saturated heterocycles. The Morgan fingerprint density at radius 3 is 2.76 bits per heavy atom. The highest BCUT2D eigenvalue weighted by Gasteiger charge is 2.18. The van der Waals surface area contributed by atoms with Crippen LogP contribution in [0.3, 0.4) is 0 Å². The van der Waals surface area contributed by atoms with E-state index in [4.69, 9.17) is 5.84 Å². The van der Waals surface area contributed by atoms with Crippen LogP contribution in [0.2, 0.25) is 0 Å². The Hall–Kier alpha value is -1.55. The second-order valence-electron chi connectivity index (χ2n) is 4.68. The first-order valence-corrected chi connectivity index (χ1v) is 6.06. The third-order valence-corrected chi connectivity index (χ3v) is 3.42. The molecule has 0 aromatic heterocycles. The number of amides is 1. The number of rotatable bonds is 4. The molecule has 1 aromatic rings. The third-order valence-electron chi connectivity index (χ3n) is 3.42. The smallest absolute Gasteiger partial charge is 0.251 e. The van der Waals surface area contributed by atoms with Gasteiger partial charge in [-0.05, 0) is 49.4 Å². The van der Waals surface area contributed by atoms with E-state index in [1.54, 1.807) is 6.07 Å². The van der Waals surface area contributed by atoms with E-state index in [0.717, 1.165) is 17.8 Å². The van der Waals surface area contributed by atoms with Crippen molar-refractivity contribution >= 4 is 11.6 Å². The summed E-state index contributed by atoms with van der Waals surface area (Å²) in [6.45, 7) is 2.73. The first-order chi connectivity index (χ1) is 8.20. The molecule has 0 unspecified atom stereocenters. The maximum absolute atomic E-state index is 11.9. The van der Waals surface area contributed by atoms with Crippen LogP contribution in [0.1, 0.15) is 35.2 Å². The van der Waals surface area contributed by atoms with Crippen molar-refractivity contribution in [3.63, 3.8) is 0 Å². The molecule has 0 bridgehead atoms. The topological polar surface area (TPSA) is 67.2 Å². The fraction of sp³-hybridized carbons (Fsp3) is 0.462. The maximum atomic E-state index is 11.9. The molecule has 1 saturated carbocycles. The zero-order chi connectivity index (χ0) is 12.3. The summed E-state index contributed by atoms with van der Waals surface area (Å²) >= 11 is 0. The average molecular weight is 233 g/mol. The fourth-order valence-electron chi connectivity index (χ4n) is 2.00. The number of aryl methyl sites for hydroxylation is 1. The van der Waals surface area contributed by atoms with Crippen LogP contribution in [-0.2, 0) is 0 Å². The highest BCUT2D eigenvalue weighted by Crippen LogP contribution is 2.25. The molecule has 4 N–H and O–H groups in total. The predicted molar refractivity (Wildman–Crippen MR) is 68.7 cm³/mol. The van der Waals surface area contributed by atoms with E-state index in [-0.39, 0.29) is 5.91 Å². The zero-order valence-electron chi connectivity index (χ0n) is 10.1. The number of nitrogens with one attached hydrogen (secondary N) is 2. The quantitative estimate of drug-likeness (QED) is 0.549. The first-order valence-electron chi connectivity index (χ1n) is 6.06. The number of anilines is 1. The lowest BCUT2D eigenvalue weighted by Gasteiger charge is -2.25. The van der Waals surface area contributed by atoms with Gasteiger partial charge in [0.2, 0.25) is 0 Å². The van der Waals surface area contributed by atoms with Crippen molar-refractivity contribution in [1.82, 2.24) is 5.32 Å². The Kier molecular flexibility index (Phi) is 3.64. The number of hydrogen-bond acceptors (Lipinski definition) is 3. The first kappa shape index (κ1) is 11.9. The molecule has 1 fully saturated rings. The van der Waals surface area contributed by atoms with Crippen LogP contribution in [0.5, 0.6) is 0 Å². The number of nitrogen functional groups attached to an aromatic ring is 1. The summed E-state index contributed by atoms with van der Waals surface area (Å²) < 4.78 is 0. The van der Waals surface area contributed by atoms with Gasteiger partial charge in [-0.15, -0.1) is 0 Å². The molecule has 1 aliphatic rings. The lowest BCUT2D eigenvalue weighted by atomic mass is 9.85. The van der Waals surface area contributed by atoms with Crippen molar-refractivity contribution in [1.29, 1.82) is 0 Å². The molecule has 1 aliphatic carbocycles. The maximum Gasteiger partial charge on any atom is 0.251 e. The van der Waals surface area contributed by atoms with Gasteiger partial charge in [0.1, 0.15) is 0 Å². The molecule has 4 heteroatoms. The Morgan fingerprint density at radius 1 is 1.47 bits per heavy atom. The summed E-state index contributed by atoms with van der Waals surface area (Å²) in [6.07, 6.45) is 3.79. The van der Waals surface area contributed by atoms with Crippen LogP contribution >= 0.6 is 0 Å². The molecule has 4 nitrogen and oxygen atoms in total. The second-order valence-corrected chi connectivity index (χ2v) is 4.68. The number of hydrogen-bond donors (Lipinski definition) is 3. The summed E-state index contributed by atoms with van der Waals surface area (Å²) in [5.74, 6) is 6.04. The van der Waals surface area contributed by atoms with E-state index in [1.807, 2.05) is 19.1 Å². The van der Waals surface area contributed by atoms with Crippen LogP contribution in [-0.4, -0.2) is 12.5 Å². The van der Waals surface area contributed by atoms with Gasteiger partial charge in [-0.2, -0.15) is 0 Å². The van der Waals surface area contributed by atoms with E-state index in [1.165, 1.54) is 19.3 Å². The largest absolute Gasteiger partial charge is 0.352 e. The molecular formula is C13H19N3O. The molecule has 0 atom stereocenters. The van der Waals surface area contributed by atoms with Gasteiger partial charge in [0, 0.05) is 12.1 Å². The van der Waals surface area contributed by atoms with E-state index >= 15 is 0 Å². The Labute approximate surface area is 102 Å². The van der Waals surface area contributed by atoms with Crippen molar-refractivity contribution in [3.05, 3.63) is 29.3 Å². The minimum atomic E-state index is 0.00331. The van der Waals surface area contributed by atoms with Gasteiger partial charge < -0.3 is 10.7 Å². The van der Waals surface area contributed by atoms with Gasteiger partial charge in [-0.1, -0.05) is 6.42 Å². The summed E-state index contributed by atoms with van der Waals surface area (Å²) in [6, 6.07) is 5.47. The number of hydrazine groups is 1. The highest BCUT2D eigenvalue weighted by molar-refractivity contribution is 5.94. The SMILES string of the molecule is Cc1cc(C(=O)NCC2CCC2)ccc1NN. The standard InChI is InChI=1S/C13H19N3O/c1-9-7-11(5-6-12(9)16-14)13(17)15-8-10-3-2-4-10/h5-7,10,16H,2-4,8,14H2,1H3,(H,15,17). The molecule has 2 rings (SSSR count). The van der Waals surface area contributed by atoms with Gasteiger partial charge in [-0.3, -0.25) is 10.6 Å². The molecule has 0 heterocycles. The summed E-state index contributed by atoms with van der Waals surface area (Å²) in [4.78, 5) is 11.9. The number of carbonyl (C=O) groups is 1. The second kappa shape index (κ2) is 5.19. The minimum absolute atomic E-state index is 0.00331. The van der Waals surface area contributed by atoms with E-state index in [9.17, 15) is 4.79 Å². The van der Waals surface area contributed by atoms with Crippen molar-refractivity contribution in [2.45, 2.75) is 26.2 Å². The summed E-state index contributed by atoms with van der Waals surface area (Å²) in [5.41, 5.74) is 5.12. The molecule has 17 heavy (non-hydrogen) atoms. The van der Waals surface area contributed by atoms with Gasteiger partial charge in [0.05, 0.1) is 5.69 Å². The van der Waals surface area contributed by atoms with Crippen LogP contribution in [0.15, 0.2) is 18.2 Å². The van der Waals surface area contributed by atoms with E-state index in [2.05, 4.69) is 10.7 Å². The molecule has 0 spiro atoms. The monoisotopic (exact) mass is 233 g/mol. The van der Waals surface area contributed by atoms with E-state index in [0.29, 0.717) is 11.5 Å². The molecular weight excluding hydrogens is 214 g/mol. The van der Waals surface area contributed by atoms with Crippen molar-refractivity contribution in [2.24, 2.45) is 11.8 Å². The van der Waals surface area contributed by atoms with Crippen LogP contribution < -0.4 is 16.6 Å². The van der Waals surface area contributed by atoms with Crippen molar-refractivity contribution < 1.29 is 4.79 Å². The molecule has 1 aromatic carbocycles. The van der Waals surface area contributed by atoms with Crippen LogP contribution in [0.4, 0.5) is 5.69 Å². The third kappa shape index (κ3) is 2.77. The number of benzene rings is 1. The summed E-state index contributed by atoms with van der Waals surface area (Å²) in [7, 11) is 0. The highest BCUT2D eigenvalue weighted by atomic mass is 16.1. The molecule has 0 aliphatic heterocycles. The Bertz CT molecular complexity index is 413. The van der Waals surface area contributed by atoms with Crippen molar-refractivity contribution in [3.8, 4) is 0 Å². The molecule has 0 radical (unpaired) electrons. The van der Waals surface area contributed by atoms with Gasteiger partial charge in [0.25, 0.3) is 5.91 Å². The lowest BCUT2D eigenvalue weighted by molar-refractivity contribution is 0.0939. The Balaban J connectivity index is 1.95. The Morgan fingerprint density at radius 2 is 2.24 bits per heavy atom. The summed E-state index contributed by atoms with van der Waals surface area (Å²) in [5, 5.41) is 2.97. The fourth-order valence-corrected chi connectivity index (χ4v) is 2.00. The van der Waals surface area contributed by atoms with Crippen LogP contribution in [0, 0.1) is 12.8 Å². The molecule has 1 amide bonds. The number of carbonyl (C=O) groups excluding carboxylic acids is 1. The predicted octanol–water partition coefficient (Wildman–Crippen LogP) is 1.81. The normalized spacial score (nSPS) is 15.2. The minimum Gasteiger partial charge on any atom is -0.352 e. The van der Waals surface area contributed by atoms with Gasteiger partial charge >= 0.3 is 0 Å². The van der Waals surface area contributed by atoms with Gasteiger partial charge in [-0.25, -0.2) is 0 Å². The van der Waals surface area contributed by atoms with Crippen LogP contribution in [0.25, 0.3) is 0 Å².